The SMILES string of the molecule is CO/N=C(\N)c1cccc(C(=O)OC)c1. The lowest BCUT2D eigenvalue weighted by atomic mass is 10.1. The Morgan fingerprint density at radius 3 is 2.60 bits per heavy atom. The van der Waals surface area contributed by atoms with Gasteiger partial charge < -0.3 is 15.3 Å². The third kappa shape index (κ3) is 2.70. The molecule has 5 nitrogen and oxygen atoms in total. The number of hydrogen-bond donors (Lipinski definition) is 1. The first-order valence-corrected chi connectivity index (χ1v) is 4.24. The Balaban J connectivity index is 3.02. The quantitative estimate of drug-likeness (QED) is 0.344. The Kier molecular flexibility index (Phi) is 3.68. The summed E-state index contributed by atoms with van der Waals surface area (Å²) in [6.07, 6.45) is 0. The fourth-order valence-corrected chi connectivity index (χ4v) is 1.07. The van der Waals surface area contributed by atoms with E-state index in [2.05, 4.69) is 14.7 Å². The summed E-state index contributed by atoms with van der Waals surface area (Å²) < 4.78 is 4.58. The van der Waals surface area contributed by atoms with Gasteiger partial charge >= 0.3 is 5.97 Å². The first kappa shape index (κ1) is 11.0. The molecule has 0 bridgehead atoms. The summed E-state index contributed by atoms with van der Waals surface area (Å²) in [4.78, 5) is 15.7. The van der Waals surface area contributed by atoms with Gasteiger partial charge in [-0.1, -0.05) is 17.3 Å². The van der Waals surface area contributed by atoms with E-state index in [0.29, 0.717) is 11.1 Å². The average molecular weight is 208 g/mol. The number of amidine groups is 1. The van der Waals surface area contributed by atoms with Crippen molar-refractivity contribution in [3.63, 3.8) is 0 Å². The van der Waals surface area contributed by atoms with E-state index in [-0.39, 0.29) is 5.84 Å². The van der Waals surface area contributed by atoms with Crippen molar-refractivity contribution in [2.45, 2.75) is 0 Å². The van der Waals surface area contributed by atoms with Crippen molar-refractivity contribution in [2.24, 2.45) is 10.9 Å². The van der Waals surface area contributed by atoms with Crippen LogP contribution in [0.3, 0.4) is 0 Å². The molecule has 0 saturated carbocycles. The number of carbonyl (C=O) groups excluding carboxylic acids is 1. The van der Waals surface area contributed by atoms with Crippen molar-refractivity contribution >= 4 is 11.8 Å². The second kappa shape index (κ2) is 4.99. The average Bonchev–Trinajstić information content (AvgIpc) is 2.28. The van der Waals surface area contributed by atoms with Gasteiger partial charge in [0.15, 0.2) is 5.84 Å². The number of esters is 1. The van der Waals surface area contributed by atoms with Crippen LogP contribution < -0.4 is 5.73 Å². The van der Waals surface area contributed by atoms with Gasteiger partial charge in [0.2, 0.25) is 0 Å². The topological polar surface area (TPSA) is 73.9 Å². The van der Waals surface area contributed by atoms with E-state index in [0.717, 1.165) is 0 Å². The third-order valence-electron chi connectivity index (χ3n) is 1.77. The molecule has 0 radical (unpaired) electrons. The molecule has 0 aliphatic rings. The van der Waals surface area contributed by atoms with Gasteiger partial charge in [0.25, 0.3) is 0 Å². The van der Waals surface area contributed by atoms with Crippen LogP contribution in [0.25, 0.3) is 0 Å². The maximum Gasteiger partial charge on any atom is 0.337 e. The molecule has 80 valence electrons. The molecule has 0 fully saturated rings. The van der Waals surface area contributed by atoms with E-state index in [1.165, 1.54) is 14.2 Å². The molecular weight excluding hydrogens is 196 g/mol. The lowest BCUT2D eigenvalue weighted by molar-refractivity contribution is 0.0600. The van der Waals surface area contributed by atoms with E-state index in [1.807, 2.05) is 0 Å². The standard InChI is InChI=1S/C10H12N2O3/c1-14-10(13)8-5-3-4-7(6-8)9(11)12-15-2/h3-6H,1-2H3,(H2,11,12). The number of benzene rings is 1. The highest BCUT2D eigenvalue weighted by Gasteiger charge is 2.07. The summed E-state index contributed by atoms with van der Waals surface area (Å²) >= 11 is 0. The first-order chi connectivity index (χ1) is 7.19. The number of nitrogens with zero attached hydrogens (tertiary/aromatic N) is 1. The van der Waals surface area contributed by atoms with Crippen molar-refractivity contribution in [3.8, 4) is 0 Å². The minimum Gasteiger partial charge on any atom is -0.465 e. The predicted octanol–water partition coefficient (Wildman–Crippen LogP) is 0.740. The lowest BCUT2D eigenvalue weighted by Gasteiger charge is -2.02. The molecule has 0 unspecified atom stereocenters. The van der Waals surface area contributed by atoms with Gasteiger partial charge in [-0.15, -0.1) is 0 Å². The molecule has 0 saturated heterocycles. The zero-order chi connectivity index (χ0) is 11.3. The number of nitrogens with two attached hydrogens (primary N) is 1. The molecule has 0 amide bonds. The van der Waals surface area contributed by atoms with E-state index >= 15 is 0 Å². The molecule has 0 aromatic heterocycles. The highest BCUT2D eigenvalue weighted by Crippen LogP contribution is 2.06. The fraction of sp³-hybridized carbons (Fsp3) is 0.200. The normalized spacial score (nSPS) is 10.9. The number of hydrogen-bond acceptors (Lipinski definition) is 4. The van der Waals surface area contributed by atoms with Gasteiger partial charge in [-0.25, -0.2) is 4.79 Å². The van der Waals surface area contributed by atoms with Gasteiger partial charge in [0.05, 0.1) is 12.7 Å². The summed E-state index contributed by atoms with van der Waals surface area (Å²) in [6.45, 7) is 0. The van der Waals surface area contributed by atoms with Crippen molar-refractivity contribution in [1.29, 1.82) is 0 Å². The summed E-state index contributed by atoms with van der Waals surface area (Å²) in [5, 5.41) is 3.56. The predicted molar refractivity (Wildman–Crippen MR) is 55.5 cm³/mol. The monoisotopic (exact) mass is 208 g/mol. The molecular formula is C10H12N2O3. The minimum absolute atomic E-state index is 0.211. The van der Waals surface area contributed by atoms with Crippen LogP contribution in [0.2, 0.25) is 0 Å². The maximum atomic E-state index is 11.2. The van der Waals surface area contributed by atoms with Crippen molar-refractivity contribution in [3.05, 3.63) is 35.4 Å². The highest BCUT2D eigenvalue weighted by atomic mass is 16.6. The molecule has 0 atom stereocenters. The van der Waals surface area contributed by atoms with Crippen LogP contribution >= 0.6 is 0 Å². The summed E-state index contributed by atoms with van der Waals surface area (Å²) in [7, 11) is 2.72. The molecule has 0 aliphatic carbocycles. The highest BCUT2D eigenvalue weighted by molar-refractivity contribution is 5.99. The molecule has 1 aromatic rings. The van der Waals surface area contributed by atoms with Crippen LogP contribution in [0.4, 0.5) is 0 Å². The Labute approximate surface area is 87.5 Å². The minimum atomic E-state index is -0.415. The van der Waals surface area contributed by atoms with Gasteiger partial charge in [0.1, 0.15) is 7.11 Å². The van der Waals surface area contributed by atoms with E-state index in [4.69, 9.17) is 5.73 Å². The van der Waals surface area contributed by atoms with Gasteiger partial charge in [-0.3, -0.25) is 0 Å². The largest absolute Gasteiger partial charge is 0.465 e. The maximum absolute atomic E-state index is 11.2. The Bertz CT molecular complexity index is 388. The number of rotatable bonds is 3. The van der Waals surface area contributed by atoms with E-state index in [1.54, 1.807) is 24.3 Å². The molecule has 0 spiro atoms. The Hall–Kier alpha value is -2.04. The number of oxime groups is 1. The molecule has 1 aromatic carbocycles. The lowest BCUT2D eigenvalue weighted by Crippen LogP contribution is -2.14. The van der Waals surface area contributed by atoms with Crippen LogP contribution in [-0.2, 0) is 9.57 Å². The van der Waals surface area contributed by atoms with Crippen LogP contribution in [-0.4, -0.2) is 26.0 Å². The third-order valence-corrected chi connectivity index (χ3v) is 1.77. The van der Waals surface area contributed by atoms with Crippen LogP contribution in [0.1, 0.15) is 15.9 Å². The molecule has 0 heterocycles. The van der Waals surface area contributed by atoms with Crippen LogP contribution in [0, 0.1) is 0 Å². The van der Waals surface area contributed by atoms with Gasteiger partial charge in [-0.05, 0) is 12.1 Å². The van der Waals surface area contributed by atoms with E-state index in [9.17, 15) is 4.79 Å². The van der Waals surface area contributed by atoms with Crippen molar-refractivity contribution < 1.29 is 14.4 Å². The number of methoxy groups -OCH3 is 1. The molecule has 0 aliphatic heterocycles. The Morgan fingerprint density at radius 1 is 1.33 bits per heavy atom. The van der Waals surface area contributed by atoms with Crippen molar-refractivity contribution in [1.82, 2.24) is 0 Å². The second-order valence-corrected chi connectivity index (χ2v) is 2.73. The zero-order valence-electron chi connectivity index (χ0n) is 8.56. The summed E-state index contributed by atoms with van der Waals surface area (Å²) in [5.41, 5.74) is 6.62. The van der Waals surface area contributed by atoms with E-state index < -0.39 is 5.97 Å². The molecule has 15 heavy (non-hydrogen) atoms. The zero-order valence-corrected chi connectivity index (χ0v) is 8.56. The fourth-order valence-electron chi connectivity index (χ4n) is 1.07. The second-order valence-electron chi connectivity index (χ2n) is 2.73. The summed E-state index contributed by atoms with van der Waals surface area (Å²) in [5.74, 6) is -0.203. The van der Waals surface area contributed by atoms with Crippen LogP contribution in [0.15, 0.2) is 29.4 Å². The Morgan fingerprint density at radius 2 is 2.00 bits per heavy atom. The van der Waals surface area contributed by atoms with Crippen molar-refractivity contribution in [2.75, 3.05) is 14.2 Å². The van der Waals surface area contributed by atoms with Gasteiger partial charge in [0, 0.05) is 5.56 Å². The van der Waals surface area contributed by atoms with Crippen LogP contribution in [0.5, 0.6) is 0 Å². The number of ether oxygens (including phenoxy) is 1. The molecule has 1 rings (SSSR count). The molecule has 5 heteroatoms. The number of carbonyl (C=O) groups is 1. The smallest absolute Gasteiger partial charge is 0.337 e. The first-order valence-electron chi connectivity index (χ1n) is 4.24. The molecule has 2 N–H and O–H groups in total. The van der Waals surface area contributed by atoms with Gasteiger partial charge in [-0.2, -0.15) is 0 Å². The summed E-state index contributed by atoms with van der Waals surface area (Å²) in [6, 6.07) is 6.64.